The van der Waals surface area contributed by atoms with Crippen molar-refractivity contribution in [3.8, 4) is 5.75 Å². The highest BCUT2D eigenvalue weighted by atomic mass is 79.9. The van der Waals surface area contributed by atoms with Crippen LogP contribution < -0.4 is 14.4 Å². The SMILES string of the molecule is CCOc1ccc(N(CC(=O)N(Cc2cccc(Cl)c2)[C@H](Cc2ccccc2)C(=O)NC2CCCCC2)S(=O)(=O)c2ccc(Br)cc2)cc1. The summed E-state index contributed by atoms with van der Waals surface area (Å²) in [4.78, 5) is 30.5. The summed E-state index contributed by atoms with van der Waals surface area (Å²) in [5.74, 6) is -0.229. The topological polar surface area (TPSA) is 96.0 Å². The standard InChI is InChI=1S/C38H41BrClN3O5S/c1-2-48-34-20-18-33(19-21-34)43(49(46,47)35-22-16-30(39)17-23-35)27-37(44)42(26-29-12-9-13-31(40)24-29)36(25-28-10-5-3-6-11-28)38(45)41-32-14-7-4-8-15-32/h3,5-6,9-13,16-24,32,36H,2,4,7-8,14-15,25-27H2,1H3,(H,41,45)/t36-/m1/s1. The van der Waals surface area contributed by atoms with Crippen LogP contribution in [0.4, 0.5) is 5.69 Å². The Bertz CT molecular complexity index is 1800. The zero-order valence-corrected chi connectivity index (χ0v) is 30.6. The third-order valence-corrected chi connectivity index (χ3v) is 11.1. The molecule has 0 heterocycles. The number of nitrogens with zero attached hydrogens (tertiary/aromatic N) is 2. The lowest BCUT2D eigenvalue weighted by molar-refractivity contribution is -0.140. The van der Waals surface area contributed by atoms with Crippen LogP contribution in [0.3, 0.4) is 0 Å². The Kier molecular flexibility index (Phi) is 12.8. The lowest BCUT2D eigenvalue weighted by Gasteiger charge is -2.35. The largest absolute Gasteiger partial charge is 0.494 e. The maximum atomic E-state index is 14.7. The van der Waals surface area contributed by atoms with E-state index in [2.05, 4.69) is 21.2 Å². The third kappa shape index (κ3) is 9.86. The Morgan fingerprint density at radius 3 is 2.22 bits per heavy atom. The molecule has 0 aliphatic heterocycles. The van der Waals surface area contributed by atoms with Crippen molar-refractivity contribution >= 4 is 55.1 Å². The molecule has 1 saturated carbocycles. The van der Waals surface area contributed by atoms with Gasteiger partial charge in [-0.05, 0) is 91.6 Å². The summed E-state index contributed by atoms with van der Waals surface area (Å²) in [5, 5.41) is 3.72. The maximum Gasteiger partial charge on any atom is 0.264 e. The minimum Gasteiger partial charge on any atom is -0.494 e. The first-order valence-corrected chi connectivity index (χ1v) is 19.1. The minimum absolute atomic E-state index is 0.0146. The molecule has 0 unspecified atom stereocenters. The summed E-state index contributed by atoms with van der Waals surface area (Å²) in [5.41, 5.74) is 1.88. The second-order valence-electron chi connectivity index (χ2n) is 12.1. The minimum atomic E-state index is -4.23. The van der Waals surface area contributed by atoms with Crippen molar-refractivity contribution in [3.63, 3.8) is 0 Å². The van der Waals surface area contributed by atoms with E-state index in [1.165, 1.54) is 17.0 Å². The predicted octanol–water partition coefficient (Wildman–Crippen LogP) is 7.79. The number of hydrogen-bond acceptors (Lipinski definition) is 5. The number of ether oxygens (including phenoxy) is 1. The zero-order valence-electron chi connectivity index (χ0n) is 27.4. The Morgan fingerprint density at radius 1 is 0.898 bits per heavy atom. The quantitative estimate of drug-likeness (QED) is 0.142. The van der Waals surface area contributed by atoms with E-state index < -0.39 is 28.5 Å². The second kappa shape index (κ2) is 17.2. The molecule has 11 heteroatoms. The summed E-state index contributed by atoms with van der Waals surface area (Å²) in [6, 6.07) is 28.6. The Morgan fingerprint density at radius 2 is 1.57 bits per heavy atom. The monoisotopic (exact) mass is 765 g/mol. The van der Waals surface area contributed by atoms with E-state index >= 15 is 0 Å². The van der Waals surface area contributed by atoms with Gasteiger partial charge in [-0.1, -0.05) is 89.3 Å². The van der Waals surface area contributed by atoms with Crippen molar-refractivity contribution in [2.75, 3.05) is 17.5 Å². The van der Waals surface area contributed by atoms with Crippen LogP contribution >= 0.6 is 27.5 Å². The molecule has 5 rings (SSSR count). The van der Waals surface area contributed by atoms with Gasteiger partial charge in [0.25, 0.3) is 10.0 Å². The van der Waals surface area contributed by atoms with Gasteiger partial charge < -0.3 is 15.0 Å². The molecule has 1 aliphatic carbocycles. The molecule has 258 valence electrons. The molecule has 4 aromatic rings. The maximum absolute atomic E-state index is 14.7. The third-order valence-electron chi connectivity index (χ3n) is 8.58. The number of sulfonamides is 1. The number of carbonyl (C=O) groups is 2. The summed E-state index contributed by atoms with van der Waals surface area (Å²) >= 11 is 9.74. The van der Waals surface area contributed by atoms with Crippen LogP contribution in [0.5, 0.6) is 5.75 Å². The number of amides is 2. The molecule has 1 aliphatic rings. The second-order valence-corrected chi connectivity index (χ2v) is 15.3. The summed E-state index contributed by atoms with van der Waals surface area (Å²) in [6.07, 6.45) is 5.20. The first-order chi connectivity index (χ1) is 23.6. The number of hydrogen-bond donors (Lipinski definition) is 1. The fourth-order valence-electron chi connectivity index (χ4n) is 6.07. The molecule has 1 atom stereocenters. The number of halogens is 2. The van der Waals surface area contributed by atoms with Crippen molar-refractivity contribution in [2.45, 2.75) is 69.0 Å². The lowest BCUT2D eigenvalue weighted by Crippen LogP contribution is -2.55. The van der Waals surface area contributed by atoms with Gasteiger partial charge in [0.2, 0.25) is 11.8 Å². The van der Waals surface area contributed by atoms with Crippen molar-refractivity contribution in [3.05, 3.63) is 124 Å². The normalized spacial score (nSPS) is 14.1. The van der Waals surface area contributed by atoms with Gasteiger partial charge >= 0.3 is 0 Å². The van der Waals surface area contributed by atoms with Gasteiger partial charge in [0.1, 0.15) is 18.3 Å². The number of benzene rings is 4. The highest BCUT2D eigenvalue weighted by Gasteiger charge is 2.35. The van der Waals surface area contributed by atoms with Gasteiger partial charge in [0, 0.05) is 28.5 Å². The highest BCUT2D eigenvalue weighted by Crippen LogP contribution is 2.28. The van der Waals surface area contributed by atoms with E-state index in [4.69, 9.17) is 16.3 Å². The first-order valence-electron chi connectivity index (χ1n) is 16.5. The molecular weight excluding hydrogens is 726 g/mol. The zero-order chi connectivity index (χ0) is 34.8. The smallest absolute Gasteiger partial charge is 0.264 e. The van der Waals surface area contributed by atoms with Gasteiger partial charge in [-0.25, -0.2) is 8.42 Å². The van der Waals surface area contributed by atoms with E-state index in [1.807, 2.05) is 43.3 Å². The molecule has 0 aromatic heterocycles. The molecule has 0 radical (unpaired) electrons. The van der Waals surface area contributed by atoms with Crippen LogP contribution in [-0.4, -0.2) is 50.4 Å². The fourth-order valence-corrected chi connectivity index (χ4v) is 7.96. The molecule has 4 aromatic carbocycles. The van der Waals surface area contributed by atoms with Gasteiger partial charge in [-0.2, -0.15) is 0 Å². The lowest BCUT2D eigenvalue weighted by atomic mass is 9.94. The van der Waals surface area contributed by atoms with E-state index in [9.17, 15) is 18.0 Å². The van der Waals surface area contributed by atoms with Gasteiger partial charge in [0.15, 0.2) is 0 Å². The summed E-state index contributed by atoms with van der Waals surface area (Å²) in [7, 11) is -4.23. The molecule has 49 heavy (non-hydrogen) atoms. The Balaban J connectivity index is 1.56. The molecule has 0 bridgehead atoms. The van der Waals surface area contributed by atoms with Crippen LogP contribution in [0.15, 0.2) is 112 Å². The van der Waals surface area contributed by atoms with Crippen molar-refractivity contribution in [2.24, 2.45) is 0 Å². The van der Waals surface area contributed by atoms with E-state index in [1.54, 1.807) is 54.6 Å². The number of anilines is 1. The number of nitrogens with one attached hydrogen (secondary N) is 1. The van der Waals surface area contributed by atoms with Crippen LogP contribution in [0.1, 0.15) is 50.2 Å². The molecule has 1 fully saturated rings. The molecule has 0 saturated heterocycles. The average molecular weight is 767 g/mol. The number of rotatable bonds is 14. The first kappa shape index (κ1) is 36.4. The van der Waals surface area contributed by atoms with Gasteiger partial charge in [-0.3, -0.25) is 13.9 Å². The van der Waals surface area contributed by atoms with Crippen molar-refractivity contribution < 1.29 is 22.7 Å². The van der Waals surface area contributed by atoms with Crippen LogP contribution in [0, 0.1) is 0 Å². The fraction of sp³-hybridized carbons (Fsp3) is 0.316. The van der Waals surface area contributed by atoms with E-state index in [0.717, 1.165) is 46.4 Å². The molecule has 0 spiro atoms. The van der Waals surface area contributed by atoms with Gasteiger partial charge in [0.05, 0.1) is 17.2 Å². The van der Waals surface area contributed by atoms with Crippen LogP contribution in [-0.2, 0) is 32.6 Å². The highest BCUT2D eigenvalue weighted by molar-refractivity contribution is 9.10. The van der Waals surface area contributed by atoms with Crippen LogP contribution in [0.2, 0.25) is 5.02 Å². The van der Waals surface area contributed by atoms with Gasteiger partial charge in [-0.15, -0.1) is 0 Å². The average Bonchev–Trinajstić information content (AvgIpc) is 3.10. The van der Waals surface area contributed by atoms with E-state index in [-0.39, 0.29) is 35.5 Å². The van der Waals surface area contributed by atoms with Crippen LogP contribution in [0.25, 0.3) is 0 Å². The van der Waals surface area contributed by atoms with Crippen molar-refractivity contribution in [1.29, 1.82) is 0 Å². The molecule has 2 amide bonds. The van der Waals surface area contributed by atoms with Crippen molar-refractivity contribution in [1.82, 2.24) is 10.2 Å². The number of carbonyl (C=O) groups excluding carboxylic acids is 2. The summed E-state index contributed by atoms with van der Waals surface area (Å²) in [6.45, 7) is 1.81. The Hall–Kier alpha value is -3.86. The molecular formula is C38H41BrClN3O5S. The van der Waals surface area contributed by atoms with E-state index in [0.29, 0.717) is 22.9 Å². The molecule has 1 N–H and O–H groups in total. The predicted molar refractivity (Wildman–Crippen MR) is 197 cm³/mol. The molecule has 8 nitrogen and oxygen atoms in total. The Labute approximate surface area is 302 Å². The summed E-state index contributed by atoms with van der Waals surface area (Å²) < 4.78 is 36.0.